The van der Waals surface area contributed by atoms with E-state index in [4.69, 9.17) is 9.47 Å². The molecule has 1 spiro atoms. The summed E-state index contributed by atoms with van der Waals surface area (Å²) in [4.78, 5) is 61.7. The molecule has 296 valence electrons. The molecule has 4 aliphatic rings. The average molecular weight is 787 g/mol. The highest BCUT2D eigenvalue weighted by Gasteiger charge is 2.66. The van der Waals surface area contributed by atoms with Crippen molar-refractivity contribution < 1.29 is 33.8 Å². The Bertz CT molecular complexity index is 2180. The van der Waals surface area contributed by atoms with Crippen LogP contribution in [0.3, 0.4) is 0 Å². The number of ether oxygens (including phenoxy) is 2. The zero-order valence-electron chi connectivity index (χ0n) is 33.0. The van der Waals surface area contributed by atoms with E-state index in [0.717, 1.165) is 33.4 Å². The highest BCUT2D eigenvalue weighted by atomic mass is 28.3. The van der Waals surface area contributed by atoms with Gasteiger partial charge >= 0.3 is 0 Å². The monoisotopic (exact) mass is 786 g/mol. The van der Waals surface area contributed by atoms with Crippen molar-refractivity contribution >= 4 is 54.0 Å². The van der Waals surface area contributed by atoms with E-state index in [-0.39, 0.29) is 61.2 Å². The zero-order chi connectivity index (χ0) is 40.1. The van der Waals surface area contributed by atoms with Gasteiger partial charge in [0.2, 0.25) is 17.7 Å². The van der Waals surface area contributed by atoms with Crippen molar-refractivity contribution in [2.24, 2.45) is 5.92 Å². The summed E-state index contributed by atoms with van der Waals surface area (Å²) in [5, 5.41) is 11.2. The molecule has 0 saturated carbocycles. The number of carbonyl (C=O) groups is 4. The summed E-state index contributed by atoms with van der Waals surface area (Å²) in [5.41, 5.74) is 3.19. The van der Waals surface area contributed by atoms with Gasteiger partial charge in [-0.05, 0) is 59.1 Å². The Morgan fingerprint density at radius 1 is 0.877 bits per heavy atom. The molecule has 4 aliphatic heterocycles. The maximum atomic E-state index is 15.4. The first kappa shape index (κ1) is 38.6. The van der Waals surface area contributed by atoms with Gasteiger partial charge in [0.25, 0.3) is 5.91 Å². The SMILES string of the molecule is COc1ccc([Si](C)(C)[C@H]2[C@H](CC(=O)N(CCO)Cc3ccccc3)O[C@@]3(C(=O)N(Cc4ccc(N5CCC5=O)cc4)c4ccc(N5CCC5=O)cc43)[C@@H]2C)cc1. The van der Waals surface area contributed by atoms with Crippen LogP contribution in [0.15, 0.2) is 97.1 Å². The fraction of sp³-hybridized carbons (Fsp3) is 0.378. The van der Waals surface area contributed by atoms with Crippen LogP contribution in [0.5, 0.6) is 5.75 Å². The molecule has 57 heavy (non-hydrogen) atoms. The molecule has 0 aliphatic carbocycles. The normalized spacial score (nSPS) is 22.8. The van der Waals surface area contributed by atoms with E-state index >= 15 is 4.79 Å². The third kappa shape index (κ3) is 6.73. The Kier molecular flexibility index (Phi) is 10.3. The molecule has 11 nitrogen and oxygen atoms in total. The first-order valence-corrected chi connectivity index (χ1v) is 22.9. The number of nitrogens with zero attached hydrogens (tertiary/aromatic N) is 4. The minimum Gasteiger partial charge on any atom is -0.497 e. The van der Waals surface area contributed by atoms with Crippen LogP contribution in [0, 0.1) is 5.92 Å². The number of carbonyl (C=O) groups excluding carboxylic acids is 4. The number of methoxy groups -OCH3 is 1. The van der Waals surface area contributed by atoms with Crippen molar-refractivity contribution in [3.63, 3.8) is 0 Å². The maximum Gasteiger partial charge on any atom is 0.264 e. The molecule has 3 saturated heterocycles. The molecule has 4 aromatic carbocycles. The standard InChI is InChI=1S/C45H50N4O7Si/c1-30-43(57(3,4)36-17-15-35(55-2)16-18-36)39(27-42(53)46(24-25-50)28-31-8-6-5-7-9-31)56-45(30)37-26-34(48-23-21-41(48)52)14-19-38(37)49(44(45)54)29-32-10-12-33(13-11-32)47-22-20-40(47)51/h5-19,26,30,39,43,50H,20-25,27-29H2,1-4H3/t30-,39+,43-,45+/m1/s1. The minimum absolute atomic E-state index is 0.0276. The Labute approximate surface area is 334 Å². The predicted molar refractivity (Wildman–Crippen MR) is 221 cm³/mol. The number of fused-ring (bicyclic) bond motifs is 2. The lowest BCUT2D eigenvalue weighted by Crippen LogP contribution is -2.52. The van der Waals surface area contributed by atoms with Gasteiger partial charge in [0.1, 0.15) is 5.75 Å². The number of aliphatic hydroxyl groups excluding tert-OH is 1. The van der Waals surface area contributed by atoms with Crippen molar-refractivity contribution in [3.8, 4) is 5.75 Å². The molecule has 4 atom stereocenters. The van der Waals surface area contributed by atoms with Gasteiger partial charge in [-0.3, -0.25) is 19.2 Å². The molecule has 8 rings (SSSR count). The number of benzene rings is 4. The van der Waals surface area contributed by atoms with Crippen LogP contribution < -0.4 is 24.6 Å². The molecule has 4 aromatic rings. The third-order valence-electron chi connectivity index (χ3n) is 12.7. The lowest BCUT2D eigenvalue weighted by atomic mass is 9.82. The first-order chi connectivity index (χ1) is 27.5. The Balaban J connectivity index is 1.20. The number of β-lactam (4-membered cyclic amide) rings is 2. The van der Waals surface area contributed by atoms with Gasteiger partial charge in [-0.2, -0.15) is 0 Å². The van der Waals surface area contributed by atoms with Crippen LogP contribution in [0.4, 0.5) is 17.1 Å². The second-order valence-corrected chi connectivity index (χ2v) is 20.9. The summed E-state index contributed by atoms with van der Waals surface area (Å²) in [6.45, 7) is 8.54. The molecular weight excluding hydrogens is 737 g/mol. The molecule has 1 N–H and O–H groups in total. The summed E-state index contributed by atoms with van der Waals surface area (Å²) in [5.74, 6) is 0.155. The number of aliphatic hydroxyl groups is 1. The molecule has 0 unspecified atom stereocenters. The molecule has 4 heterocycles. The van der Waals surface area contributed by atoms with Gasteiger partial charge in [-0.15, -0.1) is 0 Å². The summed E-state index contributed by atoms with van der Waals surface area (Å²) in [6.07, 6.45) is 0.414. The summed E-state index contributed by atoms with van der Waals surface area (Å²) < 4.78 is 12.8. The van der Waals surface area contributed by atoms with Crippen molar-refractivity contribution in [3.05, 3.63) is 114 Å². The van der Waals surface area contributed by atoms with Gasteiger partial charge in [0.05, 0.1) is 46.5 Å². The van der Waals surface area contributed by atoms with Crippen molar-refractivity contribution in [1.82, 2.24) is 4.90 Å². The van der Waals surface area contributed by atoms with E-state index in [1.165, 1.54) is 0 Å². The highest BCUT2D eigenvalue weighted by Crippen LogP contribution is 2.60. The number of rotatable bonds is 13. The van der Waals surface area contributed by atoms with E-state index in [2.05, 4.69) is 32.2 Å². The van der Waals surface area contributed by atoms with E-state index in [1.54, 1.807) is 26.7 Å². The predicted octanol–water partition coefficient (Wildman–Crippen LogP) is 5.34. The topological polar surface area (TPSA) is 120 Å². The molecule has 0 aromatic heterocycles. The molecule has 4 amide bonds. The fourth-order valence-electron chi connectivity index (χ4n) is 9.48. The third-order valence-corrected chi connectivity index (χ3v) is 17.1. The van der Waals surface area contributed by atoms with Gasteiger partial charge in [0, 0.05) is 61.9 Å². The van der Waals surface area contributed by atoms with Gasteiger partial charge in [-0.1, -0.05) is 79.8 Å². The Morgan fingerprint density at radius 3 is 2.12 bits per heavy atom. The molecule has 12 heteroatoms. The summed E-state index contributed by atoms with van der Waals surface area (Å²) >= 11 is 0. The second kappa shape index (κ2) is 15.2. The Hall–Kier alpha value is -5.30. The number of anilines is 3. The van der Waals surface area contributed by atoms with Crippen LogP contribution >= 0.6 is 0 Å². The van der Waals surface area contributed by atoms with Gasteiger partial charge in [-0.25, -0.2) is 0 Å². The van der Waals surface area contributed by atoms with E-state index in [9.17, 15) is 19.5 Å². The number of amides is 4. The van der Waals surface area contributed by atoms with Gasteiger partial charge in [0.15, 0.2) is 5.60 Å². The average Bonchev–Trinajstić information content (AvgIpc) is 3.63. The van der Waals surface area contributed by atoms with Gasteiger partial charge < -0.3 is 34.2 Å². The molecule has 3 fully saturated rings. The maximum absolute atomic E-state index is 15.4. The van der Waals surface area contributed by atoms with E-state index in [1.807, 2.05) is 84.9 Å². The van der Waals surface area contributed by atoms with Crippen molar-refractivity contribution in [1.29, 1.82) is 0 Å². The first-order valence-electron chi connectivity index (χ1n) is 19.9. The summed E-state index contributed by atoms with van der Waals surface area (Å²) in [6, 6.07) is 31.4. The molecule has 0 radical (unpaired) electrons. The number of hydrogen-bond acceptors (Lipinski definition) is 7. The minimum atomic E-state index is -2.57. The smallest absolute Gasteiger partial charge is 0.264 e. The number of hydrogen-bond donors (Lipinski definition) is 1. The zero-order valence-corrected chi connectivity index (χ0v) is 34.0. The van der Waals surface area contributed by atoms with Crippen LogP contribution in [0.1, 0.15) is 42.9 Å². The van der Waals surface area contributed by atoms with Crippen molar-refractivity contribution in [2.45, 2.75) is 69.6 Å². The Morgan fingerprint density at radius 2 is 1.53 bits per heavy atom. The van der Waals surface area contributed by atoms with Crippen LogP contribution in [0.2, 0.25) is 18.6 Å². The highest BCUT2D eigenvalue weighted by molar-refractivity contribution is 6.91. The van der Waals surface area contributed by atoms with Crippen molar-refractivity contribution in [2.75, 3.05) is 48.1 Å². The lowest BCUT2D eigenvalue weighted by molar-refractivity contribution is -0.150. The summed E-state index contributed by atoms with van der Waals surface area (Å²) in [7, 11) is -0.933. The van der Waals surface area contributed by atoms with Crippen LogP contribution in [0.25, 0.3) is 0 Å². The van der Waals surface area contributed by atoms with E-state index in [0.29, 0.717) is 43.7 Å². The van der Waals surface area contributed by atoms with Crippen LogP contribution in [-0.4, -0.2) is 81.2 Å². The second-order valence-electron chi connectivity index (χ2n) is 16.2. The quantitative estimate of drug-likeness (QED) is 0.144. The fourth-order valence-corrected chi connectivity index (χ4v) is 13.5. The van der Waals surface area contributed by atoms with E-state index < -0.39 is 19.8 Å². The largest absolute Gasteiger partial charge is 0.497 e. The van der Waals surface area contributed by atoms with Crippen LogP contribution in [-0.2, 0) is 42.6 Å². The molecular formula is C45H50N4O7Si. The molecule has 0 bridgehead atoms. The lowest BCUT2D eigenvalue weighted by Gasteiger charge is -2.37.